The average molecular weight is 285 g/mol. The minimum absolute atomic E-state index is 0.0428. The van der Waals surface area contributed by atoms with E-state index in [9.17, 15) is 9.59 Å². The van der Waals surface area contributed by atoms with Crippen molar-refractivity contribution < 1.29 is 14.7 Å². The highest BCUT2D eigenvalue weighted by atomic mass is 16.4. The van der Waals surface area contributed by atoms with Crippen LogP contribution in [-0.4, -0.2) is 33.3 Å². The molecule has 108 valence electrons. The number of hydrogen-bond acceptors (Lipinski definition) is 3. The topological polar surface area (TPSA) is 75.4 Å². The van der Waals surface area contributed by atoms with Gasteiger partial charge in [0.1, 0.15) is 5.82 Å². The van der Waals surface area contributed by atoms with Gasteiger partial charge in [-0.1, -0.05) is 30.3 Å². The fourth-order valence-electron chi connectivity index (χ4n) is 2.55. The van der Waals surface area contributed by atoms with Crippen LogP contribution in [0.1, 0.15) is 6.42 Å². The third kappa shape index (κ3) is 2.40. The van der Waals surface area contributed by atoms with E-state index in [1.165, 1.54) is 4.90 Å². The standard InChI is InChI=1S/C15H15N3O3/c1-17-13(18-9-11(15(20)21)7-14(18)19)8-12(16-17)10-5-3-2-4-6-10/h2-6,8,11H,7,9H2,1H3,(H,20,21). The number of carbonyl (C=O) groups excluding carboxylic acids is 1. The fraction of sp³-hybridized carbons (Fsp3) is 0.267. The first-order valence-corrected chi connectivity index (χ1v) is 6.69. The van der Waals surface area contributed by atoms with E-state index in [-0.39, 0.29) is 18.9 Å². The first-order valence-electron chi connectivity index (χ1n) is 6.69. The molecule has 1 aromatic heterocycles. The number of carboxylic acids is 1. The number of carboxylic acid groups (broad SMARTS) is 1. The average Bonchev–Trinajstić information content (AvgIpc) is 3.03. The van der Waals surface area contributed by atoms with E-state index in [2.05, 4.69) is 5.10 Å². The molecule has 6 heteroatoms. The molecule has 6 nitrogen and oxygen atoms in total. The second kappa shape index (κ2) is 5.05. The lowest BCUT2D eigenvalue weighted by Crippen LogP contribution is -2.27. The Morgan fingerprint density at radius 1 is 1.33 bits per heavy atom. The highest BCUT2D eigenvalue weighted by Crippen LogP contribution is 2.28. The van der Waals surface area contributed by atoms with Gasteiger partial charge in [0.25, 0.3) is 0 Å². The summed E-state index contributed by atoms with van der Waals surface area (Å²) in [5, 5.41) is 13.5. The molecule has 0 bridgehead atoms. The van der Waals surface area contributed by atoms with Gasteiger partial charge < -0.3 is 5.11 Å². The Balaban J connectivity index is 1.92. The monoisotopic (exact) mass is 285 g/mol. The van der Waals surface area contributed by atoms with Crippen molar-refractivity contribution in [2.75, 3.05) is 11.4 Å². The Hall–Kier alpha value is -2.63. The molecule has 2 heterocycles. The van der Waals surface area contributed by atoms with Gasteiger partial charge >= 0.3 is 5.97 Å². The molecule has 0 spiro atoms. The van der Waals surface area contributed by atoms with E-state index < -0.39 is 11.9 Å². The number of benzene rings is 1. The molecule has 1 amide bonds. The molecule has 1 fully saturated rings. The van der Waals surface area contributed by atoms with Gasteiger partial charge in [0.05, 0.1) is 11.6 Å². The predicted octanol–water partition coefficient (Wildman–Crippen LogP) is 1.52. The number of rotatable bonds is 3. The van der Waals surface area contributed by atoms with Gasteiger partial charge in [-0.2, -0.15) is 5.10 Å². The molecule has 1 saturated heterocycles. The molecular weight excluding hydrogens is 270 g/mol. The molecule has 1 aliphatic rings. The van der Waals surface area contributed by atoms with E-state index in [0.29, 0.717) is 5.82 Å². The first-order chi connectivity index (χ1) is 10.1. The van der Waals surface area contributed by atoms with Crippen molar-refractivity contribution >= 4 is 17.7 Å². The van der Waals surface area contributed by atoms with Crippen molar-refractivity contribution in [3.63, 3.8) is 0 Å². The van der Waals surface area contributed by atoms with Gasteiger partial charge in [-0.15, -0.1) is 0 Å². The van der Waals surface area contributed by atoms with Gasteiger partial charge in [0.2, 0.25) is 5.91 Å². The van der Waals surface area contributed by atoms with Crippen LogP contribution >= 0.6 is 0 Å². The van der Waals surface area contributed by atoms with Gasteiger partial charge in [-0.25, -0.2) is 0 Å². The molecular formula is C15H15N3O3. The molecule has 3 rings (SSSR count). The zero-order chi connectivity index (χ0) is 15.0. The second-order valence-electron chi connectivity index (χ2n) is 5.12. The number of aromatic nitrogens is 2. The maximum atomic E-state index is 12.0. The van der Waals surface area contributed by atoms with Crippen molar-refractivity contribution in [2.24, 2.45) is 13.0 Å². The van der Waals surface area contributed by atoms with Gasteiger partial charge in [-0.05, 0) is 0 Å². The third-order valence-electron chi connectivity index (χ3n) is 3.68. The first kappa shape index (κ1) is 13.4. The summed E-state index contributed by atoms with van der Waals surface area (Å²) in [6.45, 7) is 0.196. The summed E-state index contributed by atoms with van der Waals surface area (Å²) in [5.74, 6) is -1.13. The maximum Gasteiger partial charge on any atom is 0.308 e. The zero-order valence-corrected chi connectivity index (χ0v) is 11.6. The van der Waals surface area contributed by atoms with Crippen LogP contribution in [0.3, 0.4) is 0 Å². The lowest BCUT2D eigenvalue weighted by Gasteiger charge is -2.15. The second-order valence-corrected chi connectivity index (χ2v) is 5.12. The molecule has 21 heavy (non-hydrogen) atoms. The van der Waals surface area contributed by atoms with Gasteiger partial charge in [0.15, 0.2) is 0 Å². The van der Waals surface area contributed by atoms with E-state index in [1.54, 1.807) is 11.7 Å². The number of anilines is 1. The molecule has 1 aliphatic heterocycles. The van der Waals surface area contributed by atoms with Crippen LogP contribution in [0.15, 0.2) is 36.4 Å². The number of carbonyl (C=O) groups is 2. The Bertz CT molecular complexity index is 693. The summed E-state index contributed by atoms with van der Waals surface area (Å²) in [4.78, 5) is 24.5. The van der Waals surface area contributed by atoms with E-state index >= 15 is 0 Å². The number of hydrogen-bond donors (Lipinski definition) is 1. The van der Waals surface area contributed by atoms with Crippen LogP contribution in [0.4, 0.5) is 5.82 Å². The Morgan fingerprint density at radius 3 is 2.67 bits per heavy atom. The molecule has 2 aromatic rings. The lowest BCUT2D eigenvalue weighted by atomic mass is 10.1. The van der Waals surface area contributed by atoms with Crippen LogP contribution in [0, 0.1) is 5.92 Å². The highest BCUT2D eigenvalue weighted by Gasteiger charge is 2.36. The van der Waals surface area contributed by atoms with Crippen molar-refractivity contribution in [3.05, 3.63) is 36.4 Å². The minimum Gasteiger partial charge on any atom is -0.481 e. The summed E-state index contributed by atoms with van der Waals surface area (Å²) in [7, 11) is 1.75. The minimum atomic E-state index is -0.934. The molecule has 0 saturated carbocycles. The van der Waals surface area contributed by atoms with Crippen LogP contribution in [0.25, 0.3) is 11.3 Å². The molecule has 0 radical (unpaired) electrons. The normalized spacial score (nSPS) is 18.2. The highest BCUT2D eigenvalue weighted by molar-refractivity contribution is 5.98. The largest absolute Gasteiger partial charge is 0.481 e. The SMILES string of the molecule is Cn1nc(-c2ccccc2)cc1N1CC(C(=O)O)CC1=O. The van der Waals surface area contributed by atoms with E-state index in [1.807, 2.05) is 36.4 Å². The summed E-state index contributed by atoms with van der Waals surface area (Å²) in [5.41, 5.74) is 1.72. The maximum absolute atomic E-state index is 12.0. The van der Waals surface area contributed by atoms with Gasteiger partial charge in [0, 0.05) is 31.6 Å². The number of amides is 1. The molecule has 1 unspecified atom stereocenters. The molecule has 1 N–H and O–H groups in total. The van der Waals surface area contributed by atoms with Crippen LogP contribution in [0.5, 0.6) is 0 Å². The van der Waals surface area contributed by atoms with Crippen molar-refractivity contribution in [1.82, 2.24) is 9.78 Å². The third-order valence-corrected chi connectivity index (χ3v) is 3.68. The van der Waals surface area contributed by atoms with Crippen LogP contribution in [-0.2, 0) is 16.6 Å². The van der Waals surface area contributed by atoms with Crippen molar-refractivity contribution in [2.45, 2.75) is 6.42 Å². The fourth-order valence-corrected chi connectivity index (χ4v) is 2.55. The Morgan fingerprint density at radius 2 is 2.05 bits per heavy atom. The van der Waals surface area contributed by atoms with E-state index in [0.717, 1.165) is 11.3 Å². The number of aryl methyl sites for hydroxylation is 1. The predicted molar refractivity (Wildman–Crippen MR) is 76.7 cm³/mol. The van der Waals surface area contributed by atoms with Crippen molar-refractivity contribution in [1.29, 1.82) is 0 Å². The Labute approximate surface area is 121 Å². The summed E-state index contributed by atoms with van der Waals surface area (Å²) < 4.78 is 1.62. The van der Waals surface area contributed by atoms with Crippen LogP contribution < -0.4 is 4.90 Å². The molecule has 0 aliphatic carbocycles. The quantitative estimate of drug-likeness (QED) is 0.927. The zero-order valence-electron chi connectivity index (χ0n) is 11.6. The lowest BCUT2D eigenvalue weighted by molar-refractivity contribution is -0.141. The van der Waals surface area contributed by atoms with Crippen LogP contribution in [0.2, 0.25) is 0 Å². The molecule has 1 atom stereocenters. The summed E-state index contributed by atoms with van der Waals surface area (Å²) >= 11 is 0. The summed E-state index contributed by atoms with van der Waals surface area (Å²) in [6, 6.07) is 11.5. The number of nitrogens with zero attached hydrogens (tertiary/aromatic N) is 3. The van der Waals surface area contributed by atoms with Crippen molar-refractivity contribution in [3.8, 4) is 11.3 Å². The van der Waals surface area contributed by atoms with Gasteiger partial charge in [-0.3, -0.25) is 19.2 Å². The number of aliphatic carboxylic acids is 1. The summed E-state index contributed by atoms with van der Waals surface area (Å²) in [6.07, 6.45) is 0.0428. The van der Waals surface area contributed by atoms with E-state index in [4.69, 9.17) is 5.11 Å². The molecule has 1 aromatic carbocycles. The smallest absolute Gasteiger partial charge is 0.308 e. The Kier molecular flexibility index (Phi) is 3.21.